The fourth-order valence-electron chi connectivity index (χ4n) is 2.67. The molecule has 0 atom stereocenters. The summed E-state index contributed by atoms with van der Waals surface area (Å²) in [6, 6.07) is 15.0. The van der Waals surface area contributed by atoms with Gasteiger partial charge in [0.1, 0.15) is 0 Å². The van der Waals surface area contributed by atoms with E-state index in [1.165, 1.54) is 17.4 Å². The maximum absolute atomic E-state index is 12.4. The van der Waals surface area contributed by atoms with Crippen LogP contribution >= 0.6 is 11.3 Å². The van der Waals surface area contributed by atoms with Gasteiger partial charge in [-0.05, 0) is 45.3 Å². The van der Waals surface area contributed by atoms with Gasteiger partial charge in [0.15, 0.2) is 5.78 Å². The molecule has 27 heavy (non-hydrogen) atoms. The molecule has 0 aliphatic carbocycles. The molecule has 136 valence electrons. The number of carbonyl (C=O) groups is 2. The van der Waals surface area contributed by atoms with Gasteiger partial charge in [-0.2, -0.15) is 11.3 Å². The first-order chi connectivity index (χ1) is 13.0. The maximum Gasteiger partial charge on any atom is 0.505 e. The first-order valence-electron chi connectivity index (χ1n) is 8.45. The van der Waals surface area contributed by atoms with Crippen molar-refractivity contribution in [2.75, 3.05) is 0 Å². The van der Waals surface area contributed by atoms with Gasteiger partial charge in [0, 0.05) is 24.0 Å². The summed E-state index contributed by atoms with van der Waals surface area (Å²) in [5.74, 6) is -0.581. The van der Waals surface area contributed by atoms with E-state index in [-0.39, 0.29) is 24.2 Å². The molecule has 7 heteroatoms. The number of fused-ring (bicyclic) bond motifs is 1. The Hall–Kier alpha value is -2.74. The number of nitrogens with one attached hydrogen (secondary N) is 1. The van der Waals surface area contributed by atoms with Crippen molar-refractivity contribution in [2.45, 2.75) is 12.8 Å². The molecule has 1 heterocycles. The average molecular weight is 379 g/mol. The summed E-state index contributed by atoms with van der Waals surface area (Å²) in [7, 11) is -1.80. The fraction of sp³-hybridized carbons (Fsp3) is 0.100. The van der Waals surface area contributed by atoms with Gasteiger partial charge in [0.05, 0.1) is 0 Å². The quantitative estimate of drug-likeness (QED) is 0.435. The zero-order chi connectivity index (χ0) is 19.2. The molecule has 2 aromatic carbocycles. The number of carbonyl (C=O) groups excluding carboxylic acids is 2. The molecule has 0 aliphatic heterocycles. The van der Waals surface area contributed by atoms with Gasteiger partial charge in [0.25, 0.3) is 0 Å². The Balaban J connectivity index is 1.61. The minimum absolute atomic E-state index is 0.0171. The number of ketones is 1. The largest absolute Gasteiger partial charge is 0.505 e. The maximum atomic E-state index is 12.4. The van der Waals surface area contributed by atoms with Crippen LogP contribution in [-0.4, -0.2) is 28.9 Å². The zero-order valence-corrected chi connectivity index (χ0v) is 15.3. The van der Waals surface area contributed by atoms with E-state index in [0.717, 1.165) is 16.3 Å². The van der Waals surface area contributed by atoms with Crippen LogP contribution in [0.4, 0.5) is 0 Å². The van der Waals surface area contributed by atoms with Crippen LogP contribution in [0.2, 0.25) is 0 Å². The highest BCUT2D eigenvalue weighted by molar-refractivity contribution is 7.08. The molecule has 0 saturated heterocycles. The highest BCUT2D eigenvalue weighted by Crippen LogP contribution is 2.17. The SMILES string of the molecule is O=C(CCC(=O)c1ccc2ccccc2c1)N/C(=C/c1ccsc1)B(O)O. The average Bonchev–Trinajstić information content (AvgIpc) is 3.18. The summed E-state index contributed by atoms with van der Waals surface area (Å²) < 4.78 is 0. The van der Waals surface area contributed by atoms with E-state index >= 15 is 0 Å². The molecule has 0 bridgehead atoms. The standard InChI is InChI=1S/C20H18BNO4S/c23-18(17-6-5-15-3-1-2-4-16(15)12-17)7-8-20(24)22-19(21(25)26)11-14-9-10-27-13-14/h1-6,9-13,25-26H,7-8H2,(H,22,24)/b19-11+. The molecule has 0 spiro atoms. The summed E-state index contributed by atoms with van der Waals surface area (Å²) in [6.07, 6.45) is 1.49. The summed E-state index contributed by atoms with van der Waals surface area (Å²) >= 11 is 1.46. The Labute approximate surface area is 161 Å². The number of rotatable bonds is 7. The Kier molecular flexibility index (Phi) is 6.18. The van der Waals surface area contributed by atoms with Gasteiger partial charge in [0.2, 0.25) is 5.91 Å². The van der Waals surface area contributed by atoms with E-state index in [2.05, 4.69) is 5.32 Å². The van der Waals surface area contributed by atoms with E-state index in [4.69, 9.17) is 0 Å². The lowest BCUT2D eigenvalue weighted by molar-refractivity contribution is -0.120. The van der Waals surface area contributed by atoms with Crippen molar-refractivity contribution in [1.29, 1.82) is 0 Å². The third-order valence-corrected chi connectivity index (χ3v) is 4.78. The van der Waals surface area contributed by atoms with Crippen LogP contribution in [0.3, 0.4) is 0 Å². The van der Waals surface area contributed by atoms with Crippen molar-refractivity contribution in [3.05, 3.63) is 76.0 Å². The van der Waals surface area contributed by atoms with E-state index in [1.54, 1.807) is 12.1 Å². The van der Waals surface area contributed by atoms with Crippen LogP contribution in [0.5, 0.6) is 0 Å². The molecule has 0 saturated carbocycles. The van der Waals surface area contributed by atoms with Crippen LogP contribution in [0.15, 0.2) is 64.9 Å². The lowest BCUT2D eigenvalue weighted by Crippen LogP contribution is -2.32. The van der Waals surface area contributed by atoms with Gasteiger partial charge in [-0.1, -0.05) is 36.4 Å². The second-order valence-corrected chi connectivity index (χ2v) is 6.84. The molecular weight excluding hydrogens is 361 g/mol. The minimum atomic E-state index is -1.80. The molecule has 3 aromatic rings. The smallest absolute Gasteiger partial charge is 0.422 e. The van der Waals surface area contributed by atoms with Crippen molar-refractivity contribution < 1.29 is 19.6 Å². The second kappa shape index (κ2) is 8.77. The van der Waals surface area contributed by atoms with Crippen molar-refractivity contribution >= 4 is 47.0 Å². The topological polar surface area (TPSA) is 86.6 Å². The predicted octanol–water partition coefficient (Wildman–Crippen LogP) is 3.03. The van der Waals surface area contributed by atoms with E-state index in [1.807, 2.05) is 47.2 Å². The zero-order valence-electron chi connectivity index (χ0n) is 14.5. The third-order valence-electron chi connectivity index (χ3n) is 4.08. The van der Waals surface area contributed by atoms with E-state index < -0.39 is 13.0 Å². The third kappa shape index (κ3) is 5.13. The Morgan fingerprint density at radius 1 is 1.04 bits per heavy atom. The number of hydrogen-bond donors (Lipinski definition) is 3. The molecular formula is C20H18BNO4S. The summed E-state index contributed by atoms with van der Waals surface area (Å²) in [5.41, 5.74) is 1.30. The molecule has 0 fully saturated rings. The first kappa shape index (κ1) is 19.0. The summed E-state index contributed by atoms with van der Waals surface area (Å²) in [6.45, 7) is 0. The van der Waals surface area contributed by atoms with Gasteiger partial charge >= 0.3 is 7.12 Å². The highest BCUT2D eigenvalue weighted by atomic mass is 32.1. The monoisotopic (exact) mass is 379 g/mol. The van der Waals surface area contributed by atoms with Gasteiger partial charge in [-0.25, -0.2) is 0 Å². The number of Topliss-reactive ketones (excluding diaryl/α,β-unsaturated/α-hetero) is 1. The normalized spacial score (nSPS) is 11.4. The van der Waals surface area contributed by atoms with E-state index in [9.17, 15) is 19.6 Å². The Morgan fingerprint density at radius 2 is 1.81 bits per heavy atom. The molecule has 0 radical (unpaired) electrons. The van der Waals surface area contributed by atoms with Crippen LogP contribution in [0, 0.1) is 0 Å². The lowest BCUT2D eigenvalue weighted by Gasteiger charge is -2.09. The van der Waals surface area contributed by atoms with Gasteiger partial charge in [-0.15, -0.1) is 0 Å². The number of amides is 1. The summed E-state index contributed by atoms with van der Waals surface area (Å²) in [4.78, 5) is 24.5. The molecule has 0 aliphatic rings. The lowest BCUT2D eigenvalue weighted by atomic mass is 9.84. The van der Waals surface area contributed by atoms with Crippen LogP contribution in [-0.2, 0) is 4.79 Å². The van der Waals surface area contributed by atoms with E-state index in [0.29, 0.717) is 5.56 Å². The first-order valence-corrected chi connectivity index (χ1v) is 9.39. The van der Waals surface area contributed by atoms with Gasteiger partial charge in [-0.3, -0.25) is 9.59 Å². The Bertz CT molecular complexity index is 983. The van der Waals surface area contributed by atoms with Crippen molar-refractivity contribution in [2.24, 2.45) is 0 Å². The van der Waals surface area contributed by atoms with Crippen molar-refractivity contribution in [1.82, 2.24) is 5.32 Å². The van der Waals surface area contributed by atoms with Gasteiger partial charge < -0.3 is 15.4 Å². The Morgan fingerprint density at radius 3 is 2.52 bits per heavy atom. The molecule has 3 N–H and O–H groups in total. The number of benzene rings is 2. The second-order valence-electron chi connectivity index (χ2n) is 6.06. The molecule has 1 amide bonds. The summed E-state index contributed by atoms with van der Waals surface area (Å²) in [5, 5.41) is 27.0. The molecule has 5 nitrogen and oxygen atoms in total. The number of hydrogen-bond acceptors (Lipinski definition) is 5. The fourth-order valence-corrected chi connectivity index (χ4v) is 3.29. The van der Waals surface area contributed by atoms with Crippen molar-refractivity contribution in [3.8, 4) is 0 Å². The van der Waals surface area contributed by atoms with Crippen LogP contribution in [0.25, 0.3) is 16.8 Å². The highest BCUT2D eigenvalue weighted by Gasteiger charge is 2.18. The predicted molar refractivity (Wildman–Crippen MR) is 108 cm³/mol. The minimum Gasteiger partial charge on any atom is -0.422 e. The molecule has 3 rings (SSSR count). The van der Waals surface area contributed by atoms with Crippen molar-refractivity contribution in [3.63, 3.8) is 0 Å². The van der Waals surface area contributed by atoms with Crippen LogP contribution < -0.4 is 5.32 Å². The molecule has 1 aromatic heterocycles. The molecule has 0 unspecified atom stereocenters. The number of thiophene rings is 1. The van der Waals surface area contributed by atoms with Crippen LogP contribution in [0.1, 0.15) is 28.8 Å².